The standard InChI is InChI=1S/C23H23ClF3N7O/c1-16-30-31-22(34(16)14-18-5-8-21(28-9-18)35-15-23(25,26)27)33(13-19-10-29-32(2)11-19)12-17-3-6-20(24)7-4-17/h3-11H,12-15H2,1-2H3. The van der Waals surface area contributed by atoms with Crippen molar-refractivity contribution in [3.63, 3.8) is 0 Å². The van der Waals surface area contributed by atoms with Gasteiger partial charge in [-0.2, -0.15) is 18.3 Å². The Balaban J connectivity index is 1.57. The van der Waals surface area contributed by atoms with Gasteiger partial charge in [-0.15, -0.1) is 10.2 Å². The highest BCUT2D eigenvalue weighted by Gasteiger charge is 2.28. The van der Waals surface area contributed by atoms with Crippen LogP contribution >= 0.6 is 11.6 Å². The first-order chi connectivity index (χ1) is 16.7. The molecule has 0 aliphatic carbocycles. The van der Waals surface area contributed by atoms with Gasteiger partial charge >= 0.3 is 6.18 Å². The number of ether oxygens (including phenoxy) is 1. The number of benzene rings is 1. The number of aryl methyl sites for hydroxylation is 2. The molecule has 3 heterocycles. The van der Waals surface area contributed by atoms with E-state index in [1.54, 1.807) is 16.9 Å². The lowest BCUT2D eigenvalue weighted by molar-refractivity contribution is -0.154. The predicted molar refractivity (Wildman–Crippen MR) is 124 cm³/mol. The maximum absolute atomic E-state index is 12.4. The van der Waals surface area contributed by atoms with E-state index >= 15 is 0 Å². The average molecular weight is 506 g/mol. The molecule has 0 fully saturated rings. The van der Waals surface area contributed by atoms with Gasteiger partial charge in [-0.25, -0.2) is 4.98 Å². The highest BCUT2D eigenvalue weighted by molar-refractivity contribution is 6.30. The predicted octanol–water partition coefficient (Wildman–Crippen LogP) is 4.56. The zero-order valence-corrected chi connectivity index (χ0v) is 19.8. The Hall–Kier alpha value is -3.60. The summed E-state index contributed by atoms with van der Waals surface area (Å²) in [4.78, 5) is 6.08. The molecule has 0 bridgehead atoms. The van der Waals surface area contributed by atoms with E-state index in [9.17, 15) is 13.2 Å². The highest BCUT2D eigenvalue weighted by Crippen LogP contribution is 2.23. The van der Waals surface area contributed by atoms with Gasteiger partial charge in [0.05, 0.1) is 12.7 Å². The fourth-order valence-electron chi connectivity index (χ4n) is 3.50. The SMILES string of the molecule is Cc1nnc(N(Cc2ccc(Cl)cc2)Cc2cnn(C)c2)n1Cc1ccc(OCC(F)(F)F)nc1. The van der Waals surface area contributed by atoms with Gasteiger partial charge in [0, 0.05) is 49.2 Å². The molecule has 0 aliphatic heterocycles. The minimum absolute atomic E-state index is 0.0901. The Morgan fingerprint density at radius 1 is 0.971 bits per heavy atom. The number of aromatic nitrogens is 6. The Kier molecular flexibility index (Phi) is 7.25. The van der Waals surface area contributed by atoms with E-state index in [0.717, 1.165) is 16.7 Å². The van der Waals surface area contributed by atoms with Crippen molar-refractivity contribution >= 4 is 17.5 Å². The van der Waals surface area contributed by atoms with E-state index in [4.69, 9.17) is 16.3 Å². The number of nitrogens with zero attached hydrogens (tertiary/aromatic N) is 7. The molecule has 0 aliphatic rings. The van der Waals surface area contributed by atoms with Crippen molar-refractivity contribution in [2.75, 3.05) is 11.5 Å². The molecule has 184 valence electrons. The van der Waals surface area contributed by atoms with Crippen LogP contribution < -0.4 is 9.64 Å². The summed E-state index contributed by atoms with van der Waals surface area (Å²) >= 11 is 6.05. The zero-order chi connectivity index (χ0) is 25.0. The van der Waals surface area contributed by atoms with Crippen LogP contribution in [0.4, 0.5) is 19.1 Å². The summed E-state index contributed by atoms with van der Waals surface area (Å²) < 4.78 is 45.5. The molecule has 4 aromatic rings. The molecule has 0 radical (unpaired) electrons. The summed E-state index contributed by atoms with van der Waals surface area (Å²) in [5.41, 5.74) is 2.81. The number of alkyl halides is 3. The third-order valence-electron chi connectivity index (χ3n) is 5.14. The second-order valence-electron chi connectivity index (χ2n) is 8.05. The van der Waals surface area contributed by atoms with E-state index < -0.39 is 12.8 Å². The first-order valence-corrected chi connectivity index (χ1v) is 11.1. The number of hydrogen-bond donors (Lipinski definition) is 0. The van der Waals surface area contributed by atoms with E-state index in [1.165, 1.54) is 12.3 Å². The van der Waals surface area contributed by atoms with Gasteiger partial charge < -0.3 is 9.64 Å². The maximum atomic E-state index is 12.4. The van der Waals surface area contributed by atoms with Crippen molar-refractivity contribution in [3.05, 3.63) is 82.5 Å². The monoisotopic (exact) mass is 505 g/mol. The lowest BCUT2D eigenvalue weighted by Gasteiger charge is -2.24. The molecule has 0 atom stereocenters. The van der Waals surface area contributed by atoms with Gasteiger partial charge in [0.2, 0.25) is 11.8 Å². The summed E-state index contributed by atoms with van der Waals surface area (Å²) in [7, 11) is 1.86. The van der Waals surface area contributed by atoms with Crippen LogP contribution in [-0.4, -0.2) is 42.3 Å². The first kappa shape index (κ1) is 24.5. The summed E-state index contributed by atoms with van der Waals surface area (Å²) in [6, 6.07) is 10.7. The molecule has 0 saturated carbocycles. The Morgan fingerprint density at radius 3 is 2.31 bits per heavy atom. The number of rotatable bonds is 9. The van der Waals surface area contributed by atoms with Gasteiger partial charge in [-0.1, -0.05) is 29.8 Å². The third kappa shape index (κ3) is 6.72. The van der Waals surface area contributed by atoms with Gasteiger partial charge in [0.25, 0.3) is 0 Å². The summed E-state index contributed by atoms with van der Waals surface area (Å²) in [6.07, 6.45) is 0.800. The molecule has 1 aromatic carbocycles. The fourth-order valence-corrected chi connectivity index (χ4v) is 3.62. The maximum Gasteiger partial charge on any atom is 0.422 e. The molecular weight excluding hydrogens is 483 g/mol. The van der Waals surface area contributed by atoms with Crippen molar-refractivity contribution < 1.29 is 17.9 Å². The van der Waals surface area contributed by atoms with Crippen molar-refractivity contribution in [2.24, 2.45) is 7.05 Å². The third-order valence-corrected chi connectivity index (χ3v) is 5.39. The van der Waals surface area contributed by atoms with Gasteiger partial charge in [-0.3, -0.25) is 9.25 Å². The number of halogens is 4. The minimum Gasteiger partial charge on any atom is -0.468 e. The molecular formula is C23H23ClF3N7O. The Morgan fingerprint density at radius 2 is 1.69 bits per heavy atom. The largest absolute Gasteiger partial charge is 0.468 e. The lowest BCUT2D eigenvalue weighted by atomic mass is 10.2. The molecule has 3 aromatic heterocycles. The van der Waals surface area contributed by atoms with Crippen LogP contribution in [0.3, 0.4) is 0 Å². The van der Waals surface area contributed by atoms with E-state index in [-0.39, 0.29) is 5.88 Å². The molecule has 0 unspecified atom stereocenters. The van der Waals surface area contributed by atoms with Crippen molar-refractivity contribution in [3.8, 4) is 5.88 Å². The van der Waals surface area contributed by atoms with Crippen molar-refractivity contribution in [1.29, 1.82) is 0 Å². The Labute approximate surface area is 204 Å². The molecule has 4 rings (SSSR count). The van der Waals surface area contributed by atoms with Crippen LogP contribution in [0.2, 0.25) is 5.02 Å². The molecule has 0 N–H and O–H groups in total. The van der Waals surface area contributed by atoms with Gasteiger partial charge in [0.1, 0.15) is 5.82 Å². The summed E-state index contributed by atoms with van der Waals surface area (Å²) in [5.74, 6) is 1.23. The number of pyridine rings is 1. The summed E-state index contributed by atoms with van der Waals surface area (Å²) in [6.45, 7) is 1.92. The van der Waals surface area contributed by atoms with Gasteiger partial charge in [-0.05, 0) is 30.2 Å². The smallest absolute Gasteiger partial charge is 0.422 e. The highest BCUT2D eigenvalue weighted by atomic mass is 35.5. The summed E-state index contributed by atoms with van der Waals surface area (Å²) in [5, 5.41) is 13.6. The molecule has 35 heavy (non-hydrogen) atoms. The second-order valence-corrected chi connectivity index (χ2v) is 8.48. The normalized spacial score (nSPS) is 11.6. The number of hydrogen-bond acceptors (Lipinski definition) is 6. The van der Waals surface area contributed by atoms with Crippen molar-refractivity contribution in [1.82, 2.24) is 29.5 Å². The van der Waals surface area contributed by atoms with Crippen LogP contribution in [0.15, 0.2) is 55.0 Å². The van der Waals surface area contributed by atoms with E-state index in [1.807, 2.05) is 49.0 Å². The number of anilines is 1. The van der Waals surface area contributed by atoms with Crippen molar-refractivity contribution in [2.45, 2.75) is 32.7 Å². The van der Waals surface area contributed by atoms with E-state index in [0.29, 0.717) is 36.4 Å². The van der Waals surface area contributed by atoms with Crippen LogP contribution in [-0.2, 0) is 26.7 Å². The fraction of sp³-hybridized carbons (Fsp3) is 0.304. The van der Waals surface area contributed by atoms with Crippen LogP contribution in [0.5, 0.6) is 5.88 Å². The lowest BCUT2D eigenvalue weighted by Crippen LogP contribution is -2.26. The van der Waals surface area contributed by atoms with E-state index in [2.05, 4.69) is 25.2 Å². The minimum atomic E-state index is -4.42. The van der Waals surface area contributed by atoms with Gasteiger partial charge in [0.15, 0.2) is 6.61 Å². The Bertz CT molecular complexity index is 1250. The molecule has 0 saturated heterocycles. The first-order valence-electron chi connectivity index (χ1n) is 10.7. The topological polar surface area (TPSA) is 73.9 Å². The average Bonchev–Trinajstić information content (AvgIpc) is 3.39. The second kappa shape index (κ2) is 10.3. The molecule has 0 spiro atoms. The zero-order valence-electron chi connectivity index (χ0n) is 19.1. The molecule has 0 amide bonds. The van der Waals surface area contributed by atoms with Crippen LogP contribution in [0, 0.1) is 6.92 Å². The molecule has 8 nitrogen and oxygen atoms in total. The van der Waals surface area contributed by atoms with Crippen LogP contribution in [0.1, 0.15) is 22.5 Å². The molecule has 12 heteroatoms. The van der Waals surface area contributed by atoms with Crippen LogP contribution in [0.25, 0.3) is 0 Å². The quantitative estimate of drug-likeness (QED) is 0.332.